The SMILES string of the molecule is [Pd].c1ccc(-c2c3nc(c(-c4ccccc4)c4[nH]c(c(-c5ccccc5)c5nc(c(-c6ccccc6)c6[nH]c2c2ccccc62)-c2ccccc2-5)c2ccccc42)-c2ccccc2-3)cc1. The standard InChI is InChI=1S/C60H38N4.Pd/c1-5-21-37(22-6-1)49-53-41-29-13-15-31-43(41)55(61-53)50(38-23-7-2-8-24-38)57-45-33-17-19-35-47(45)59(63-57)52(40-27-11-4-12-28-40)60-48-36-20-18-34-46(48)58(64-60)51(39-25-9-3-10-26-39)56-44-32-16-14-30-42(44)54(49)62-56;/h1-36,61,64H;. The van der Waals surface area contributed by atoms with Crippen LogP contribution >= 0.6 is 0 Å². The Morgan fingerprint density at radius 1 is 0.231 bits per heavy atom. The molecule has 10 aromatic rings. The monoisotopic (exact) mass is 920 g/mol. The van der Waals surface area contributed by atoms with E-state index in [0.29, 0.717) is 0 Å². The van der Waals surface area contributed by atoms with Crippen LogP contribution < -0.4 is 0 Å². The van der Waals surface area contributed by atoms with Crippen molar-refractivity contribution in [1.29, 1.82) is 0 Å². The van der Waals surface area contributed by atoms with Gasteiger partial charge in [-0.15, -0.1) is 0 Å². The number of nitrogens with zero attached hydrogens (tertiary/aromatic N) is 2. The molecule has 308 valence electrons. The number of H-pyrrole nitrogens is 2. The first-order valence-corrected chi connectivity index (χ1v) is 21.8. The molecule has 0 fully saturated rings. The van der Waals surface area contributed by atoms with E-state index < -0.39 is 0 Å². The Morgan fingerprint density at radius 2 is 0.431 bits per heavy atom. The smallest absolute Gasteiger partial charge is 0.0816 e. The fourth-order valence-corrected chi connectivity index (χ4v) is 10.2. The van der Waals surface area contributed by atoms with Crippen LogP contribution in [0.4, 0.5) is 0 Å². The maximum atomic E-state index is 5.89. The minimum absolute atomic E-state index is 0. The Morgan fingerprint density at radius 3 is 0.662 bits per heavy atom. The maximum absolute atomic E-state index is 5.89. The second kappa shape index (κ2) is 15.7. The first-order chi connectivity index (χ1) is 31.8. The molecule has 0 spiro atoms. The van der Waals surface area contributed by atoms with Gasteiger partial charge >= 0.3 is 0 Å². The van der Waals surface area contributed by atoms with E-state index in [-0.39, 0.29) is 20.4 Å². The minimum atomic E-state index is 0. The Balaban J connectivity index is 0.00000444. The van der Waals surface area contributed by atoms with E-state index in [4.69, 9.17) is 9.97 Å². The topological polar surface area (TPSA) is 57.4 Å². The van der Waals surface area contributed by atoms with Gasteiger partial charge in [0, 0.05) is 86.5 Å². The molecule has 2 N–H and O–H groups in total. The van der Waals surface area contributed by atoms with Crippen LogP contribution in [0.25, 0.3) is 133 Å². The van der Waals surface area contributed by atoms with E-state index in [1.165, 1.54) is 0 Å². The largest absolute Gasteiger partial charge is 0.353 e. The number of hydrogen-bond donors (Lipinski definition) is 2. The van der Waals surface area contributed by atoms with E-state index in [1.807, 2.05) is 0 Å². The molecule has 4 heterocycles. The number of benzene rings is 8. The second-order valence-corrected chi connectivity index (χ2v) is 16.5. The average Bonchev–Trinajstić information content (AvgIpc) is 4.14. The third kappa shape index (κ3) is 6.09. The Hall–Kier alpha value is -7.94. The molecule has 0 radical (unpaired) electrons. The van der Waals surface area contributed by atoms with Crippen molar-refractivity contribution in [1.82, 2.24) is 19.9 Å². The Bertz CT molecular complexity index is 3320. The van der Waals surface area contributed by atoms with Crippen LogP contribution in [0.5, 0.6) is 0 Å². The van der Waals surface area contributed by atoms with Crippen molar-refractivity contribution >= 4 is 43.6 Å². The second-order valence-electron chi connectivity index (χ2n) is 16.5. The van der Waals surface area contributed by atoms with Crippen molar-refractivity contribution in [3.8, 4) is 89.5 Å². The first-order valence-electron chi connectivity index (χ1n) is 21.8. The van der Waals surface area contributed by atoms with Gasteiger partial charge in [0.25, 0.3) is 0 Å². The van der Waals surface area contributed by atoms with Crippen molar-refractivity contribution in [3.63, 3.8) is 0 Å². The van der Waals surface area contributed by atoms with Gasteiger partial charge in [-0.25, -0.2) is 9.97 Å². The summed E-state index contributed by atoms with van der Waals surface area (Å²) in [5.74, 6) is 0. The third-order valence-electron chi connectivity index (χ3n) is 13.0. The van der Waals surface area contributed by atoms with Crippen LogP contribution in [0.1, 0.15) is 0 Å². The van der Waals surface area contributed by atoms with Gasteiger partial charge in [0.15, 0.2) is 0 Å². The molecule has 5 heteroatoms. The quantitative estimate of drug-likeness (QED) is 0.173. The first kappa shape index (κ1) is 38.7. The van der Waals surface area contributed by atoms with Crippen molar-refractivity contribution in [2.24, 2.45) is 0 Å². The van der Waals surface area contributed by atoms with Crippen LogP contribution in [0.3, 0.4) is 0 Å². The van der Waals surface area contributed by atoms with Gasteiger partial charge in [0.05, 0.1) is 44.8 Å². The molecule has 1 aliphatic carbocycles. The van der Waals surface area contributed by atoms with Crippen molar-refractivity contribution < 1.29 is 20.4 Å². The summed E-state index contributed by atoms with van der Waals surface area (Å²) >= 11 is 0. The van der Waals surface area contributed by atoms with E-state index in [2.05, 4.69) is 228 Å². The van der Waals surface area contributed by atoms with Gasteiger partial charge in [-0.2, -0.15) is 0 Å². The summed E-state index contributed by atoms with van der Waals surface area (Å²) in [6, 6.07) is 78.0. The molecule has 0 saturated heterocycles. The predicted molar refractivity (Wildman–Crippen MR) is 267 cm³/mol. The molecule has 13 rings (SSSR count). The van der Waals surface area contributed by atoms with Crippen molar-refractivity contribution in [3.05, 3.63) is 218 Å². The van der Waals surface area contributed by atoms with Gasteiger partial charge < -0.3 is 9.97 Å². The van der Waals surface area contributed by atoms with E-state index in [1.54, 1.807) is 0 Å². The molecule has 0 amide bonds. The summed E-state index contributed by atoms with van der Waals surface area (Å²) < 4.78 is 0. The van der Waals surface area contributed by atoms with Gasteiger partial charge in [-0.1, -0.05) is 218 Å². The Kier molecular flexibility index (Phi) is 9.35. The fourth-order valence-electron chi connectivity index (χ4n) is 10.2. The maximum Gasteiger partial charge on any atom is 0.0816 e. The van der Waals surface area contributed by atoms with Crippen molar-refractivity contribution in [2.45, 2.75) is 0 Å². The van der Waals surface area contributed by atoms with Gasteiger partial charge in [0.2, 0.25) is 0 Å². The molecule has 0 unspecified atom stereocenters. The molecule has 8 aromatic carbocycles. The summed E-state index contributed by atoms with van der Waals surface area (Å²) in [7, 11) is 0. The summed E-state index contributed by atoms with van der Waals surface area (Å²) in [5.41, 5.74) is 20.5. The van der Waals surface area contributed by atoms with Gasteiger partial charge in [0.1, 0.15) is 0 Å². The van der Waals surface area contributed by atoms with E-state index in [9.17, 15) is 0 Å². The van der Waals surface area contributed by atoms with E-state index in [0.717, 1.165) is 133 Å². The average molecular weight is 921 g/mol. The Labute approximate surface area is 389 Å². The minimum Gasteiger partial charge on any atom is -0.353 e. The summed E-state index contributed by atoms with van der Waals surface area (Å²) in [4.78, 5) is 20.0. The van der Waals surface area contributed by atoms with Crippen LogP contribution in [-0.2, 0) is 20.4 Å². The van der Waals surface area contributed by atoms with Crippen LogP contribution in [-0.4, -0.2) is 19.9 Å². The zero-order chi connectivity index (χ0) is 42.1. The van der Waals surface area contributed by atoms with E-state index >= 15 is 0 Å². The zero-order valence-corrected chi connectivity index (χ0v) is 36.5. The van der Waals surface area contributed by atoms with Crippen LogP contribution in [0.15, 0.2) is 218 Å². The van der Waals surface area contributed by atoms with Gasteiger partial charge in [-0.3, -0.25) is 0 Å². The van der Waals surface area contributed by atoms with Gasteiger partial charge in [-0.05, 0) is 22.3 Å². The molecule has 0 atom stereocenters. The van der Waals surface area contributed by atoms with Crippen molar-refractivity contribution in [2.75, 3.05) is 0 Å². The number of hydrogen-bond acceptors (Lipinski definition) is 2. The number of rotatable bonds is 4. The molecule has 2 aliphatic heterocycles. The molecule has 0 saturated carbocycles. The molecule has 8 bridgehead atoms. The summed E-state index contributed by atoms with van der Waals surface area (Å²) in [6.45, 7) is 0. The summed E-state index contributed by atoms with van der Waals surface area (Å²) in [6.07, 6.45) is 0. The normalized spacial score (nSPS) is 11.6. The zero-order valence-electron chi connectivity index (χ0n) is 35.0. The third-order valence-corrected chi connectivity index (χ3v) is 13.0. The predicted octanol–water partition coefficient (Wildman–Crippen LogP) is 16.0. The molecule has 2 aromatic heterocycles. The molecular weight excluding hydrogens is 883 g/mol. The molecular formula is C60H38N4Pd. The number of aromatic amines is 2. The fraction of sp³-hybridized carbons (Fsp3) is 0. The van der Waals surface area contributed by atoms with Crippen LogP contribution in [0.2, 0.25) is 0 Å². The van der Waals surface area contributed by atoms with Crippen LogP contribution in [0, 0.1) is 0 Å². The summed E-state index contributed by atoms with van der Waals surface area (Å²) in [5, 5.41) is 4.45. The number of aromatic nitrogens is 4. The molecule has 3 aliphatic rings. The molecule has 65 heavy (non-hydrogen) atoms. The molecule has 4 nitrogen and oxygen atoms in total. The number of nitrogens with one attached hydrogen (secondary N) is 2.